The number of phosphoric acid groups is 1. The number of hydrogen-bond donors (Lipinski definition) is 5. The fourth-order valence-electron chi connectivity index (χ4n) is 0. The lowest BCUT2D eigenvalue weighted by Gasteiger charge is -1.94. The lowest BCUT2D eigenvalue weighted by atomic mass is 10.7. The van der Waals surface area contributed by atoms with Crippen LogP contribution in [-0.4, -0.2) is 33.1 Å². The zero-order valence-corrected chi connectivity index (χ0v) is 6.62. The third kappa shape index (κ3) is 96.3. The van der Waals surface area contributed by atoms with Crippen LogP contribution in [0.15, 0.2) is 0 Å². The molecule has 0 radical (unpaired) electrons. The van der Waals surface area contributed by atoms with Crippen LogP contribution in [0.4, 0.5) is 0 Å². The molecular weight excluding hydrogens is 161 g/mol. The fourth-order valence-corrected chi connectivity index (χ4v) is 0. The highest BCUT2D eigenvalue weighted by molar-refractivity contribution is 7.45. The molecule has 0 heterocycles. The van der Waals surface area contributed by atoms with Gasteiger partial charge in [-0.25, -0.2) is 4.57 Å². The maximum absolute atomic E-state index is 8.88. The summed E-state index contributed by atoms with van der Waals surface area (Å²) in [5, 5.41) is 10.8. The zero-order chi connectivity index (χ0) is 8.78. The Bertz CT molecular complexity index is 101. The molecule has 0 rings (SSSR count). The van der Waals surface area contributed by atoms with Crippen LogP contribution >= 0.6 is 7.82 Å². The molecule has 0 saturated heterocycles. The van der Waals surface area contributed by atoms with Crippen molar-refractivity contribution in [3.05, 3.63) is 0 Å². The minimum absolute atomic E-state index is 0.366. The van der Waals surface area contributed by atoms with Gasteiger partial charge in [0.05, 0.1) is 0 Å². The maximum atomic E-state index is 8.88. The summed E-state index contributed by atoms with van der Waals surface area (Å²) >= 11 is 0. The van der Waals surface area contributed by atoms with Crippen molar-refractivity contribution in [1.29, 1.82) is 0 Å². The fraction of sp³-hybridized carbons (Fsp3) is 1.00. The monoisotopic (exact) mass is 173 g/mol. The maximum Gasteiger partial charge on any atom is 0.466 e. The van der Waals surface area contributed by atoms with Crippen molar-refractivity contribution < 1.29 is 24.4 Å². The summed E-state index contributed by atoms with van der Waals surface area (Å²) in [6, 6.07) is 0. The molecule has 1 unspecified atom stereocenters. The molecule has 0 aromatic rings. The van der Waals surface area contributed by atoms with Crippen molar-refractivity contribution >= 4 is 7.82 Å². The van der Waals surface area contributed by atoms with Crippen LogP contribution in [0.5, 0.6) is 0 Å². The van der Waals surface area contributed by atoms with Crippen molar-refractivity contribution in [3.63, 3.8) is 0 Å². The van der Waals surface area contributed by atoms with Gasteiger partial charge in [-0.05, 0) is 14.0 Å². The Balaban J connectivity index is 0. The van der Waals surface area contributed by atoms with Gasteiger partial charge in [0.15, 0.2) is 0 Å². The average molecular weight is 173 g/mol. The first-order valence-electron chi connectivity index (χ1n) is 2.41. The van der Waals surface area contributed by atoms with Crippen molar-refractivity contribution in [1.82, 2.24) is 5.32 Å². The Hall–Kier alpha value is 0.0300. The second-order valence-corrected chi connectivity index (χ2v) is 2.50. The predicted octanol–water partition coefficient (Wildman–Crippen LogP) is -1.38. The minimum atomic E-state index is -4.64. The highest BCUT2D eigenvalue weighted by Crippen LogP contribution is 2.25. The van der Waals surface area contributed by atoms with E-state index >= 15 is 0 Å². The quantitative estimate of drug-likeness (QED) is 0.247. The molecule has 0 aromatic carbocycles. The van der Waals surface area contributed by atoms with Crippen molar-refractivity contribution in [2.75, 3.05) is 7.05 Å². The van der Waals surface area contributed by atoms with Gasteiger partial charge in [-0.15, -0.1) is 0 Å². The number of aliphatic hydroxyl groups is 1. The first kappa shape index (κ1) is 12.7. The molecule has 5 N–H and O–H groups in total. The van der Waals surface area contributed by atoms with E-state index < -0.39 is 7.82 Å². The van der Waals surface area contributed by atoms with Gasteiger partial charge in [-0.1, -0.05) is 0 Å². The van der Waals surface area contributed by atoms with Crippen molar-refractivity contribution in [2.45, 2.75) is 13.2 Å². The molecule has 0 aromatic heterocycles. The standard InChI is InChI=1S/C3H9NO.H3O4P/c1-3(5)4-2;1-5(2,3)4/h3-5H,1-2H3;(H3,1,2,3,4). The summed E-state index contributed by atoms with van der Waals surface area (Å²) < 4.78 is 8.88. The topological polar surface area (TPSA) is 110 Å². The van der Waals surface area contributed by atoms with E-state index in [2.05, 4.69) is 5.32 Å². The normalized spacial score (nSPS) is 13.4. The second-order valence-electron chi connectivity index (χ2n) is 1.48. The van der Waals surface area contributed by atoms with Crippen LogP contribution in [0.25, 0.3) is 0 Å². The van der Waals surface area contributed by atoms with Gasteiger partial charge in [-0.2, -0.15) is 0 Å². The Morgan fingerprint density at radius 2 is 1.50 bits per heavy atom. The summed E-state index contributed by atoms with van der Waals surface area (Å²) in [4.78, 5) is 21.6. The summed E-state index contributed by atoms with van der Waals surface area (Å²) in [6.07, 6.45) is -0.366. The lowest BCUT2D eigenvalue weighted by Crippen LogP contribution is -2.19. The van der Waals surface area contributed by atoms with E-state index in [0.29, 0.717) is 0 Å². The van der Waals surface area contributed by atoms with E-state index in [0.717, 1.165) is 0 Å². The zero-order valence-electron chi connectivity index (χ0n) is 5.72. The third-order valence-electron chi connectivity index (χ3n) is 0.418. The molecule has 0 aliphatic rings. The van der Waals surface area contributed by atoms with Crippen LogP contribution in [0.2, 0.25) is 0 Å². The molecule has 0 spiro atoms. The molecule has 1 atom stereocenters. The van der Waals surface area contributed by atoms with Crippen LogP contribution in [0.3, 0.4) is 0 Å². The average Bonchev–Trinajstić information content (AvgIpc) is 1.61. The van der Waals surface area contributed by atoms with Gasteiger partial charge in [0.25, 0.3) is 0 Å². The lowest BCUT2D eigenvalue weighted by molar-refractivity contribution is 0.167. The van der Waals surface area contributed by atoms with Gasteiger partial charge < -0.3 is 19.8 Å². The predicted molar refractivity (Wildman–Crippen MR) is 35.0 cm³/mol. The molecule has 0 amide bonds. The molecule has 10 heavy (non-hydrogen) atoms. The molecule has 0 bridgehead atoms. The van der Waals surface area contributed by atoms with E-state index in [1.54, 1.807) is 14.0 Å². The summed E-state index contributed by atoms with van der Waals surface area (Å²) in [6.45, 7) is 1.67. The Kier molecular flexibility index (Phi) is 7.34. The van der Waals surface area contributed by atoms with Crippen LogP contribution in [0, 0.1) is 0 Å². The Labute approximate surface area is 58.8 Å². The number of nitrogens with one attached hydrogen (secondary N) is 1. The van der Waals surface area contributed by atoms with E-state index in [1.165, 1.54) is 0 Å². The number of hydrogen-bond acceptors (Lipinski definition) is 3. The molecule has 0 aliphatic carbocycles. The highest BCUT2D eigenvalue weighted by Gasteiger charge is 2.00. The Morgan fingerprint density at radius 3 is 1.50 bits per heavy atom. The third-order valence-corrected chi connectivity index (χ3v) is 0.418. The smallest absolute Gasteiger partial charge is 0.379 e. The van der Waals surface area contributed by atoms with Crippen molar-refractivity contribution in [2.24, 2.45) is 0 Å². The molecule has 7 heteroatoms. The first-order valence-corrected chi connectivity index (χ1v) is 3.97. The largest absolute Gasteiger partial charge is 0.466 e. The minimum Gasteiger partial charge on any atom is -0.379 e. The highest BCUT2D eigenvalue weighted by atomic mass is 31.2. The van der Waals surface area contributed by atoms with Gasteiger partial charge >= 0.3 is 7.82 Å². The summed E-state index contributed by atoms with van der Waals surface area (Å²) in [5.41, 5.74) is 0. The molecule has 0 saturated carbocycles. The van der Waals surface area contributed by atoms with Crippen LogP contribution in [0.1, 0.15) is 6.92 Å². The van der Waals surface area contributed by atoms with Crippen LogP contribution in [-0.2, 0) is 4.57 Å². The molecule has 6 nitrogen and oxygen atoms in total. The van der Waals surface area contributed by atoms with Crippen molar-refractivity contribution in [3.8, 4) is 0 Å². The van der Waals surface area contributed by atoms with E-state index in [-0.39, 0.29) is 6.23 Å². The number of aliphatic hydroxyl groups excluding tert-OH is 1. The first-order chi connectivity index (χ1) is 4.27. The second kappa shape index (κ2) is 5.79. The van der Waals surface area contributed by atoms with Gasteiger partial charge in [0.2, 0.25) is 0 Å². The van der Waals surface area contributed by atoms with E-state index in [4.69, 9.17) is 24.4 Å². The Morgan fingerprint density at radius 1 is 1.40 bits per heavy atom. The van der Waals surface area contributed by atoms with Gasteiger partial charge in [0, 0.05) is 0 Å². The molecule has 64 valence electrons. The van der Waals surface area contributed by atoms with Gasteiger partial charge in [0.1, 0.15) is 6.23 Å². The SMILES string of the molecule is CNC(C)O.O=P(O)(O)O. The van der Waals surface area contributed by atoms with Gasteiger partial charge in [-0.3, -0.25) is 5.32 Å². The molecular formula is C3H12NO5P. The summed E-state index contributed by atoms with van der Waals surface area (Å²) in [7, 11) is -2.94. The van der Waals surface area contributed by atoms with E-state index in [1.807, 2.05) is 0 Å². The van der Waals surface area contributed by atoms with E-state index in [9.17, 15) is 0 Å². The number of rotatable bonds is 1. The molecule has 0 aliphatic heterocycles. The molecule has 0 fully saturated rings. The van der Waals surface area contributed by atoms with Crippen LogP contribution < -0.4 is 5.32 Å². The summed E-state index contributed by atoms with van der Waals surface area (Å²) in [5.74, 6) is 0.